The molecular weight excluding hydrogens is 256 g/mol. The van der Waals surface area contributed by atoms with Crippen molar-refractivity contribution in [3.05, 3.63) is 23.7 Å². The summed E-state index contributed by atoms with van der Waals surface area (Å²) in [6.45, 7) is 6.71. The Morgan fingerprint density at radius 3 is 2.90 bits per heavy atom. The second kappa shape index (κ2) is 4.73. The SMILES string of the molecule is CC1Cc2c(nnn2-c2ccn(C(C)C)n2)CN1C=O. The Hall–Kier alpha value is -2.18. The van der Waals surface area contributed by atoms with Crippen LogP contribution in [0.4, 0.5) is 0 Å². The van der Waals surface area contributed by atoms with E-state index in [1.807, 2.05) is 23.9 Å². The van der Waals surface area contributed by atoms with E-state index in [4.69, 9.17) is 0 Å². The third-order valence-electron chi connectivity index (χ3n) is 3.71. The lowest BCUT2D eigenvalue weighted by Crippen LogP contribution is -2.37. The highest BCUT2D eigenvalue weighted by molar-refractivity contribution is 5.49. The summed E-state index contributed by atoms with van der Waals surface area (Å²) < 4.78 is 3.68. The largest absolute Gasteiger partial charge is 0.336 e. The van der Waals surface area contributed by atoms with E-state index in [0.29, 0.717) is 12.6 Å². The standard InChI is InChI=1S/C13H18N6O/c1-9(2)18-5-4-13(15-18)19-12-6-10(3)17(8-20)7-11(12)14-16-19/h4-5,8-10H,6-7H2,1-3H3. The minimum absolute atomic E-state index is 0.157. The number of fused-ring (bicyclic) bond motifs is 1. The van der Waals surface area contributed by atoms with Crippen LogP contribution in [-0.4, -0.2) is 42.1 Å². The number of aromatic nitrogens is 5. The predicted molar refractivity (Wildman–Crippen MR) is 72.3 cm³/mol. The van der Waals surface area contributed by atoms with Crippen molar-refractivity contribution in [1.82, 2.24) is 29.7 Å². The molecule has 2 aromatic rings. The minimum Gasteiger partial charge on any atom is -0.336 e. The smallest absolute Gasteiger partial charge is 0.210 e. The lowest BCUT2D eigenvalue weighted by molar-refractivity contribution is -0.120. The molecule has 0 bridgehead atoms. The molecule has 0 N–H and O–H groups in total. The van der Waals surface area contributed by atoms with Crippen LogP contribution in [0.1, 0.15) is 38.2 Å². The third-order valence-corrected chi connectivity index (χ3v) is 3.71. The summed E-state index contributed by atoms with van der Waals surface area (Å²) in [4.78, 5) is 12.7. The molecule has 7 heteroatoms. The van der Waals surface area contributed by atoms with Crippen molar-refractivity contribution in [3.8, 4) is 5.82 Å². The molecular formula is C13H18N6O. The molecule has 20 heavy (non-hydrogen) atoms. The highest BCUT2D eigenvalue weighted by Gasteiger charge is 2.27. The van der Waals surface area contributed by atoms with E-state index in [9.17, 15) is 4.79 Å². The Balaban J connectivity index is 1.96. The van der Waals surface area contributed by atoms with Crippen molar-refractivity contribution in [2.75, 3.05) is 0 Å². The van der Waals surface area contributed by atoms with Crippen molar-refractivity contribution in [3.63, 3.8) is 0 Å². The quantitative estimate of drug-likeness (QED) is 0.781. The summed E-state index contributed by atoms with van der Waals surface area (Å²) >= 11 is 0. The number of carbonyl (C=O) groups is 1. The van der Waals surface area contributed by atoms with Crippen LogP contribution in [0.3, 0.4) is 0 Å². The maximum atomic E-state index is 11.0. The van der Waals surface area contributed by atoms with Gasteiger partial charge in [-0.3, -0.25) is 9.48 Å². The van der Waals surface area contributed by atoms with E-state index in [1.165, 1.54) is 0 Å². The van der Waals surface area contributed by atoms with E-state index in [1.54, 1.807) is 9.58 Å². The molecule has 0 spiro atoms. The number of rotatable bonds is 3. The molecule has 1 unspecified atom stereocenters. The normalized spacial score (nSPS) is 18.4. The summed E-state index contributed by atoms with van der Waals surface area (Å²) in [6.07, 6.45) is 3.56. The third kappa shape index (κ3) is 1.99. The van der Waals surface area contributed by atoms with Gasteiger partial charge in [0.25, 0.3) is 0 Å². The lowest BCUT2D eigenvalue weighted by atomic mass is 10.0. The van der Waals surface area contributed by atoms with Gasteiger partial charge in [0.1, 0.15) is 5.69 Å². The van der Waals surface area contributed by atoms with E-state index < -0.39 is 0 Å². The molecule has 0 fully saturated rings. The van der Waals surface area contributed by atoms with Crippen LogP contribution in [-0.2, 0) is 17.8 Å². The summed E-state index contributed by atoms with van der Waals surface area (Å²) in [7, 11) is 0. The van der Waals surface area contributed by atoms with Crippen LogP contribution in [0.15, 0.2) is 12.3 Å². The second-order valence-electron chi connectivity index (χ2n) is 5.47. The first-order valence-corrected chi connectivity index (χ1v) is 6.80. The molecule has 106 valence electrons. The molecule has 1 aliphatic heterocycles. The van der Waals surface area contributed by atoms with E-state index in [0.717, 1.165) is 30.0 Å². The van der Waals surface area contributed by atoms with Gasteiger partial charge in [-0.1, -0.05) is 5.21 Å². The zero-order chi connectivity index (χ0) is 14.3. The summed E-state index contributed by atoms with van der Waals surface area (Å²) in [5.41, 5.74) is 1.90. The van der Waals surface area contributed by atoms with Crippen molar-refractivity contribution in [2.24, 2.45) is 0 Å². The highest BCUT2D eigenvalue weighted by atomic mass is 16.1. The molecule has 0 aromatic carbocycles. The predicted octanol–water partition coefficient (Wildman–Crippen LogP) is 0.948. The van der Waals surface area contributed by atoms with Crippen LogP contribution >= 0.6 is 0 Å². The highest BCUT2D eigenvalue weighted by Crippen LogP contribution is 2.22. The van der Waals surface area contributed by atoms with Crippen LogP contribution in [0.5, 0.6) is 0 Å². The van der Waals surface area contributed by atoms with Gasteiger partial charge in [-0.2, -0.15) is 9.78 Å². The van der Waals surface area contributed by atoms with Gasteiger partial charge in [-0.25, -0.2) is 0 Å². The Labute approximate surface area is 117 Å². The lowest BCUT2D eigenvalue weighted by Gasteiger charge is -2.29. The first kappa shape index (κ1) is 12.8. The fourth-order valence-corrected chi connectivity index (χ4v) is 2.44. The Kier molecular flexibility index (Phi) is 3.04. The van der Waals surface area contributed by atoms with E-state index >= 15 is 0 Å². The Bertz CT molecular complexity index is 629. The van der Waals surface area contributed by atoms with Gasteiger partial charge in [-0.05, 0) is 20.8 Å². The van der Waals surface area contributed by atoms with Crippen LogP contribution in [0.2, 0.25) is 0 Å². The van der Waals surface area contributed by atoms with Gasteiger partial charge < -0.3 is 4.90 Å². The molecule has 2 aromatic heterocycles. The first-order chi connectivity index (χ1) is 9.60. The number of amides is 1. The molecule has 1 atom stereocenters. The molecule has 0 saturated heterocycles. The molecule has 3 rings (SSSR count). The van der Waals surface area contributed by atoms with Gasteiger partial charge in [0, 0.05) is 30.8 Å². The zero-order valence-corrected chi connectivity index (χ0v) is 11.9. The Morgan fingerprint density at radius 2 is 2.25 bits per heavy atom. The van der Waals surface area contributed by atoms with E-state index in [2.05, 4.69) is 29.3 Å². The van der Waals surface area contributed by atoms with Gasteiger partial charge in [0.05, 0.1) is 12.2 Å². The molecule has 0 saturated carbocycles. The second-order valence-corrected chi connectivity index (χ2v) is 5.47. The Morgan fingerprint density at radius 1 is 1.45 bits per heavy atom. The van der Waals surface area contributed by atoms with Gasteiger partial charge in [-0.15, -0.1) is 5.10 Å². The van der Waals surface area contributed by atoms with Crippen molar-refractivity contribution < 1.29 is 4.79 Å². The fourth-order valence-electron chi connectivity index (χ4n) is 2.44. The molecule has 7 nitrogen and oxygen atoms in total. The van der Waals surface area contributed by atoms with Crippen LogP contribution in [0.25, 0.3) is 5.82 Å². The monoisotopic (exact) mass is 274 g/mol. The minimum atomic E-state index is 0.157. The average molecular weight is 274 g/mol. The van der Waals surface area contributed by atoms with Gasteiger partial charge in [0.2, 0.25) is 6.41 Å². The fraction of sp³-hybridized carbons (Fsp3) is 0.538. The van der Waals surface area contributed by atoms with Crippen molar-refractivity contribution >= 4 is 6.41 Å². The van der Waals surface area contributed by atoms with Crippen molar-refractivity contribution in [2.45, 2.75) is 45.8 Å². The van der Waals surface area contributed by atoms with Crippen LogP contribution in [0, 0.1) is 0 Å². The summed E-state index contributed by atoms with van der Waals surface area (Å²) in [6, 6.07) is 2.41. The maximum Gasteiger partial charge on any atom is 0.210 e. The van der Waals surface area contributed by atoms with E-state index in [-0.39, 0.29) is 6.04 Å². The van der Waals surface area contributed by atoms with Crippen molar-refractivity contribution in [1.29, 1.82) is 0 Å². The molecule has 1 amide bonds. The zero-order valence-electron chi connectivity index (χ0n) is 11.9. The molecule has 3 heterocycles. The summed E-state index contributed by atoms with van der Waals surface area (Å²) in [5, 5.41) is 12.9. The number of hydrogen-bond donors (Lipinski definition) is 0. The first-order valence-electron chi connectivity index (χ1n) is 6.80. The average Bonchev–Trinajstić information content (AvgIpc) is 3.03. The molecule has 0 radical (unpaired) electrons. The maximum absolute atomic E-state index is 11.0. The number of nitrogens with zero attached hydrogens (tertiary/aromatic N) is 6. The molecule has 0 aliphatic carbocycles. The number of carbonyl (C=O) groups excluding carboxylic acids is 1. The number of hydrogen-bond acceptors (Lipinski definition) is 4. The molecule has 1 aliphatic rings. The van der Waals surface area contributed by atoms with Gasteiger partial charge >= 0.3 is 0 Å². The topological polar surface area (TPSA) is 68.8 Å². The summed E-state index contributed by atoms with van der Waals surface area (Å²) in [5.74, 6) is 0.777. The van der Waals surface area contributed by atoms with Gasteiger partial charge in [0.15, 0.2) is 5.82 Å². The van der Waals surface area contributed by atoms with Crippen LogP contribution < -0.4 is 0 Å².